The Morgan fingerprint density at radius 3 is 2.69 bits per heavy atom. The minimum atomic E-state index is 0.108. The van der Waals surface area contributed by atoms with Crippen LogP contribution in [0.4, 0.5) is 0 Å². The summed E-state index contributed by atoms with van der Waals surface area (Å²) in [5.74, 6) is 0.557. The third kappa shape index (κ3) is 1.42. The molecule has 0 N–H and O–H groups in total. The van der Waals surface area contributed by atoms with Crippen LogP contribution in [0.15, 0.2) is 23.1 Å². The van der Waals surface area contributed by atoms with Crippen LogP contribution in [0.3, 0.4) is 0 Å². The molecule has 1 atom stereocenters. The van der Waals surface area contributed by atoms with E-state index < -0.39 is 0 Å². The van der Waals surface area contributed by atoms with Crippen molar-refractivity contribution in [1.29, 1.82) is 0 Å². The van der Waals surface area contributed by atoms with Gasteiger partial charge in [0.15, 0.2) is 0 Å². The average Bonchev–Trinajstić information content (AvgIpc) is 2.94. The van der Waals surface area contributed by atoms with E-state index in [1.165, 1.54) is 24.8 Å². The lowest BCUT2D eigenvalue weighted by molar-refractivity contribution is 0.291. The summed E-state index contributed by atoms with van der Waals surface area (Å²) in [6.45, 7) is 1.10. The van der Waals surface area contributed by atoms with Crippen molar-refractivity contribution in [3.8, 4) is 0 Å². The molecule has 1 saturated carbocycles. The molecule has 2 heterocycles. The highest BCUT2D eigenvalue weighted by Crippen LogP contribution is 2.52. The first-order valence-corrected chi connectivity index (χ1v) is 5.99. The molecule has 2 aliphatic rings. The fraction of sp³-hybridized carbons (Fsp3) is 0.615. The minimum Gasteiger partial charge on any atom is -0.319 e. The van der Waals surface area contributed by atoms with Crippen molar-refractivity contribution in [3.63, 3.8) is 0 Å². The third-order valence-electron chi connectivity index (χ3n) is 4.36. The van der Waals surface area contributed by atoms with Gasteiger partial charge < -0.3 is 9.47 Å². The second-order valence-corrected chi connectivity index (χ2v) is 5.42. The predicted molar refractivity (Wildman–Crippen MR) is 63.6 cm³/mol. The SMILES string of the molecule is CN1CC(c2ccn(C)c(=O)c2)CC12CC2. The van der Waals surface area contributed by atoms with E-state index in [2.05, 4.69) is 18.0 Å². The Labute approximate surface area is 95.7 Å². The van der Waals surface area contributed by atoms with E-state index in [1.807, 2.05) is 6.20 Å². The van der Waals surface area contributed by atoms with E-state index in [-0.39, 0.29) is 5.56 Å². The Bertz CT molecular complexity index is 473. The van der Waals surface area contributed by atoms with Crippen LogP contribution in [0.1, 0.15) is 30.7 Å². The van der Waals surface area contributed by atoms with Gasteiger partial charge in [0.05, 0.1) is 0 Å². The maximum absolute atomic E-state index is 11.6. The zero-order valence-electron chi connectivity index (χ0n) is 9.94. The molecule has 2 fully saturated rings. The van der Waals surface area contributed by atoms with E-state index >= 15 is 0 Å². The first kappa shape index (κ1) is 10.1. The molecule has 1 saturated heterocycles. The molecule has 3 nitrogen and oxygen atoms in total. The number of aromatic nitrogens is 1. The van der Waals surface area contributed by atoms with E-state index in [0.29, 0.717) is 11.5 Å². The molecule has 16 heavy (non-hydrogen) atoms. The Morgan fingerprint density at radius 2 is 2.12 bits per heavy atom. The number of likely N-dealkylation sites (tertiary alicyclic amines) is 1. The molecule has 1 aromatic heterocycles. The molecule has 1 aliphatic heterocycles. The van der Waals surface area contributed by atoms with Crippen LogP contribution in [0.5, 0.6) is 0 Å². The largest absolute Gasteiger partial charge is 0.319 e. The molecule has 86 valence electrons. The lowest BCUT2D eigenvalue weighted by Gasteiger charge is -2.16. The Balaban J connectivity index is 1.88. The van der Waals surface area contributed by atoms with Crippen LogP contribution < -0.4 is 5.56 Å². The molecular weight excluding hydrogens is 200 g/mol. The van der Waals surface area contributed by atoms with Crippen LogP contribution in [-0.2, 0) is 7.05 Å². The monoisotopic (exact) mass is 218 g/mol. The van der Waals surface area contributed by atoms with Crippen molar-refractivity contribution in [2.45, 2.75) is 30.7 Å². The third-order valence-corrected chi connectivity index (χ3v) is 4.36. The quantitative estimate of drug-likeness (QED) is 0.710. The van der Waals surface area contributed by atoms with Crippen molar-refractivity contribution in [3.05, 3.63) is 34.2 Å². The number of hydrogen-bond acceptors (Lipinski definition) is 2. The van der Waals surface area contributed by atoms with Gasteiger partial charge in [0.25, 0.3) is 5.56 Å². The molecule has 1 aliphatic carbocycles. The van der Waals surface area contributed by atoms with Crippen LogP contribution in [0.25, 0.3) is 0 Å². The smallest absolute Gasteiger partial charge is 0.250 e. The molecule has 0 amide bonds. The van der Waals surface area contributed by atoms with Crippen molar-refractivity contribution >= 4 is 0 Å². The van der Waals surface area contributed by atoms with E-state index in [1.54, 1.807) is 17.7 Å². The van der Waals surface area contributed by atoms with Crippen molar-refractivity contribution in [1.82, 2.24) is 9.47 Å². The van der Waals surface area contributed by atoms with Gasteiger partial charge in [0.2, 0.25) is 0 Å². The minimum absolute atomic E-state index is 0.108. The highest BCUT2D eigenvalue weighted by Gasteiger charge is 2.52. The summed E-state index contributed by atoms with van der Waals surface area (Å²) < 4.78 is 1.63. The number of hydrogen-bond donors (Lipinski definition) is 0. The van der Waals surface area contributed by atoms with Crippen LogP contribution in [-0.4, -0.2) is 28.6 Å². The number of pyridine rings is 1. The highest BCUT2D eigenvalue weighted by molar-refractivity contribution is 5.23. The van der Waals surface area contributed by atoms with Gasteiger partial charge in [0.1, 0.15) is 0 Å². The second kappa shape index (κ2) is 3.20. The molecule has 0 aromatic carbocycles. The van der Waals surface area contributed by atoms with Gasteiger partial charge >= 0.3 is 0 Å². The second-order valence-electron chi connectivity index (χ2n) is 5.42. The maximum atomic E-state index is 11.6. The van der Waals surface area contributed by atoms with E-state index in [9.17, 15) is 4.79 Å². The molecule has 0 bridgehead atoms. The summed E-state index contributed by atoms with van der Waals surface area (Å²) in [7, 11) is 4.02. The molecule has 3 heteroatoms. The lowest BCUT2D eigenvalue weighted by atomic mass is 9.96. The van der Waals surface area contributed by atoms with Gasteiger partial charge in [-0.15, -0.1) is 0 Å². The lowest BCUT2D eigenvalue weighted by Crippen LogP contribution is -2.26. The number of likely N-dealkylation sites (N-methyl/N-ethyl adjacent to an activating group) is 1. The summed E-state index contributed by atoms with van der Waals surface area (Å²) in [5, 5.41) is 0. The van der Waals surface area contributed by atoms with Gasteiger partial charge in [-0.1, -0.05) is 0 Å². The Hall–Kier alpha value is -1.09. The van der Waals surface area contributed by atoms with Gasteiger partial charge in [-0.3, -0.25) is 4.79 Å². The molecule has 0 radical (unpaired) electrons. The molecule has 3 rings (SSSR count). The zero-order valence-corrected chi connectivity index (χ0v) is 9.94. The fourth-order valence-electron chi connectivity index (χ4n) is 2.97. The van der Waals surface area contributed by atoms with Gasteiger partial charge in [-0.05, 0) is 43.9 Å². The van der Waals surface area contributed by atoms with Gasteiger partial charge in [0, 0.05) is 31.4 Å². The molecule has 1 unspecified atom stereocenters. The normalized spacial score (nSPS) is 27.5. The molecular formula is C13H18N2O. The topological polar surface area (TPSA) is 25.2 Å². The average molecular weight is 218 g/mol. The standard InChI is InChI=1S/C13H18N2O/c1-14-6-3-10(7-12(14)16)11-8-13(4-5-13)15(2)9-11/h3,6-7,11H,4-5,8-9H2,1-2H3. The Kier molecular flexibility index (Phi) is 2.02. The van der Waals surface area contributed by atoms with Crippen LogP contribution in [0.2, 0.25) is 0 Å². The number of rotatable bonds is 1. The molecule has 1 spiro atoms. The zero-order chi connectivity index (χ0) is 11.3. The van der Waals surface area contributed by atoms with Crippen molar-refractivity contribution in [2.24, 2.45) is 7.05 Å². The van der Waals surface area contributed by atoms with Gasteiger partial charge in [-0.25, -0.2) is 0 Å². The van der Waals surface area contributed by atoms with Gasteiger partial charge in [-0.2, -0.15) is 0 Å². The summed E-state index contributed by atoms with van der Waals surface area (Å²) in [5.41, 5.74) is 1.82. The first-order valence-electron chi connectivity index (χ1n) is 5.99. The number of nitrogens with zero attached hydrogens (tertiary/aromatic N) is 2. The fourth-order valence-corrected chi connectivity index (χ4v) is 2.97. The summed E-state index contributed by atoms with van der Waals surface area (Å²) in [4.78, 5) is 14.1. The van der Waals surface area contributed by atoms with E-state index in [0.717, 1.165) is 6.54 Å². The highest BCUT2D eigenvalue weighted by atomic mass is 16.1. The van der Waals surface area contributed by atoms with Crippen LogP contribution in [0, 0.1) is 0 Å². The predicted octanol–water partition coefficient (Wildman–Crippen LogP) is 1.34. The maximum Gasteiger partial charge on any atom is 0.250 e. The van der Waals surface area contributed by atoms with Crippen LogP contribution >= 0.6 is 0 Å². The summed E-state index contributed by atoms with van der Waals surface area (Å²) in [6.07, 6.45) is 5.79. The van der Waals surface area contributed by atoms with E-state index in [4.69, 9.17) is 0 Å². The van der Waals surface area contributed by atoms with Crippen molar-refractivity contribution in [2.75, 3.05) is 13.6 Å². The first-order chi connectivity index (χ1) is 7.61. The summed E-state index contributed by atoms with van der Waals surface area (Å²) in [6, 6.07) is 3.90. The molecule has 1 aromatic rings. The number of aryl methyl sites for hydroxylation is 1. The van der Waals surface area contributed by atoms with Crippen molar-refractivity contribution < 1.29 is 0 Å². The Morgan fingerprint density at radius 1 is 1.38 bits per heavy atom. The summed E-state index contributed by atoms with van der Waals surface area (Å²) >= 11 is 0.